The van der Waals surface area contributed by atoms with E-state index in [-0.39, 0.29) is 25.7 Å². The van der Waals surface area contributed by atoms with Crippen molar-refractivity contribution in [1.82, 2.24) is 0 Å². The van der Waals surface area contributed by atoms with Crippen LogP contribution in [0.15, 0.2) is 0 Å². The third-order valence-electron chi connectivity index (χ3n) is 16.2. The Hall–Kier alpha value is -1.94. The smallest absolute Gasteiger partial charge is 0.462 e. The first-order valence-corrected chi connectivity index (χ1v) is 39.5. The van der Waals surface area contributed by atoms with Crippen LogP contribution in [0.2, 0.25) is 0 Å². The molecule has 0 spiro atoms. The van der Waals surface area contributed by atoms with E-state index < -0.39 is 97.5 Å². The van der Waals surface area contributed by atoms with Gasteiger partial charge >= 0.3 is 39.5 Å². The summed E-state index contributed by atoms with van der Waals surface area (Å²) in [5.74, 6) is -0.600. The monoisotopic (exact) mass is 1310 g/mol. The molecule has 0 aromatic rings. The van der Waals surface area contributed by atoms with Crippen molar-refractivity contribution >= 4 is 39.5 Å². The number of carbonyl (C=O) groups excluding carboxylic acids is 4. The molecule has 89 heavy (non-hydrogen) atoms. The highest BCUT2D eigenvalue weighted by molar-refractivity contribution is 7.47. The number of aliphatic hydroxyl groups excluding tert-OH is 1. The van der Waals surface area contributed by atoms with Gasteiger partial charge < -0.3 is 33.8 Å². The van der Waals surface area contributed by atoms with Crippen molar-refractivity contribution in [3.63, 3.8) is 0 Å². The second-order valence-corrected chi connectivity index (χ2v) is 29.1. The molecule has 0 bridgehead atoms. The molecule has 19 heteroatoms. The number of esters is 4. The highest BCUT2D eigenvalue weighted by Gasteiger charge is 2.30. The highest BCUT2D eigenvalue weighted by Crippen LogP contribution is 2.45. The van der Waals surface area contributed by atoms with Gasteiger partial charge in [0.05, 0.1) is 26.4 Å². The molecular weight excluding hydrogens is 1170 g/mol. The standard InChI is InChI=1S/C70H136O17P2/c1-7-9-11-13-15-17-18-19-22-30-36-42-48-54-69(74)86-65(58-80-67(72)52-46-40-34-26-16-14-12-10-8-2)60-84-88(76,77)82-56-64(71)57-83-89(78,79)85-61-66(59-81-68(73)53-47-41-35-29-25-24-28-33-39-45-51-63(5)6)87-70(75)55-49-43-37-31-23-20-21-27-32-38-44-50-62(3)4/h62-66,71H,7-61H2,1-6H3,(H,76,77)(H,78,79)/t64-,65+,66+/m0/s1. The summed E-state index contributed by atoms with van der Waals surface area (Å²) in [4.78, 5) is 72.5. The first-order chi connectivity index (χ1) is 42.9. The van der Waals surface area contributed by atoms with Crippen LogP contribution in [0, 0.1) is 11.8 Å². The summed E-state index contributed by atoms with van der Waals surface area (Å²) >= 11 is 0. The normalized spacial score (nSPS) is 14.1. The van der Waals surface area contributed by atoms with Crippen molar-refractivity contribution in [2.75, 3.05) is 39.6 Å². The fraction of sp³-hybridized carbons (Fsp3) is 0.943. The number of unbranched alkanes of at least 4 members (excludes halogenated alkanes) is 39. The van der Waals surface area contributed by atoms with Gasteiger partial charge in [-0.15, -0.1) is 0 Å². The molecule has 0 radical (unpaired) electrons. The molecule has 0 saturated heterocycles. The molecule has 0 aromatic heterocycles. The number of phosphoric acid groups is 2. The molecular formula is C70H136O17P2. The van der Waals surface area contributed by atoms with Crippen LogP contribution in [0.25, 0.3) is 0 Å². The Balaban J connectivity index is 5.24. The predicted octanol–water partition coefficient (Wildman–Crippen LogP) is 20.0. The van der Waals surface area contributed by atoms with E-state index in [4.69, 9.17) is 37.0 Å². The van der Waals surface area contributed by atoms with Crippen molar-refractivity contribution < 1.29 is 80.2 Å². The van der Waals surface area contributed by atoms with Crippen LogP contribution in [-0.4, -0.2) is 96.7 Å². The van der Waals surface area contributed by atoms with Crippen LogP contribution >= 0.6 is 15.6 Å². The maximum Gasteiger partial charge on any atom is 0.472 e. The van der Waals surface area contributed by atoms with Crippen molar-refractivity contribution in [3.8, 4) is 0 Å². The van der Waals surface area contributed by atoms with E-state index in [1.807, 2.05) is 0 Å². The fourth-order valence-corrected chi connectivity index (χ4v) is 12.2. The number of ether oxygens (including phenoxy) is 4. The van der Waals surface area contributed by atoms with Crippen molar-refractivity contribution in [2.45, 2.75) is 374 Å². The van der Waals surface area contributed by atoms with E-state index >= 15 is 0 Å². The van der Waals surface area contributed by atoms with Crippen LogP contribution < -0.4 is 0 Å². The number of phosphoric ester groups is 2. The molecule has 0 aliphatic rings. The molecule has 0 fully saturated rings. The van der Waals surface area contributed by atoms with E-state index in [0.717, 1.165) is 102 Å². The van der Waals surface area contributed by atoms with E-state index in [2.05, 4.69) is 41.5 Å². The Morgan fingerprint density at radius 3 is 0.764 bits per heavy atom. The Labute approximate surface area is 543 Å². The highest BCUT2D eigenvalue weighted by atomic mass is 31.2. The minimum Gasteiger partial charge on any atom is -0.462 e. The van der Waals surface area contributed by atoms with E-state index in [1.165, 1.54) is 173 Å². The Morgan fingerprint density at radius 1 is 0.303 bits per heavy atom. The molecule has 0 aromatic carbocycles. The summed E-state index contributed by atoms with van der Waals surface area (Å²) in [5, 5.41) is 10.6. The number of carbonyl (C=O) groups is 4. The molecule has 0 heterocycles. The quantitative estimate of drug-likeness (QED) is 0.0222. The Kier molecular flexibility index (Phi) is 60.8. The number of hydrogen-bond acceptors (Lipinski definition) is 15. The van der Waals surface area contributed by atoms with Gasteiger partial charge in [-0.1, -0.05) is 305 Å². The maximum atomic E-state index is 13.0. The third-order valence-corrected chi connectivity index (χ3v) is 18.1. The molecule has 0 amide bonds. The van der Waals surface area contributed by atoms with Crippen LogP contribution in [0.3, 0.4) is 0 Å². The fourth-order valence-electron chi connectivity index (χ4n) is 10.6. The summed E-state index contributed by atoms with van der Waals surface area (Å²) in [6.07, 6.45) is 47.1. The summed E-state index contributed by atoms with van der Waals surface area (Å²) in [5.41, 5.74) is 0. The average Bonchev–Trinajstić information content (AvgIpc) is 3.69. The van der Waals surface area contributed by atoms with Gasteiger partial charge in [-0.3, -0.25) is 37.3 Å². The second-order valence-electron chi connectivity index (χ2n) is 26.2. The second kappa shape index (κ2) is 62.2. The molecule has 0 rings (SSSR count). The summed E-state index contributed by atoms with van der Waals surface area (Å²) < 4.78 is 68.3. The molecule has 5 atom stereocenters. The lowest BCUT2D eigenvalue weighted by Gasteiger charge is -2.21. The van der Waals surface area contributed by atoms with Crippen LogP contribution in [0.1, 0.15) is 356 Å². The summed E-state index contributed by atoms with van der Waals surface area (Å²) in [6, 6.07) is 0. The SMILES string of the molecule is CCCCCCCCCCCCCCCC(=O)O[C@H](COC(=O)CCCCCCCCCCC)COP(=O)(O)OC[C@H](O)COP(=O)(O)OC[C@@H](COC(=O)CCCCCCCCCCCCC(C)C)OC(=O)CCCCCCCCCCCCCC(C)C. The van der Waals surface area contributed by atoms with Crippen LogP contribution in [-0.2, 0) is 65.4 Å². The van der Waals surface area contributed by atoms with Gasteiger partial charge in [0.2, 0.25) is 0 Å². The lowest BCUT2D eigenvalue weighted by Crippen LogP contribution is -2.30. The van der Waals surface area contributed by atoms with E-state index in [0.29, 0.717) is 25.7 Å². The molecule has 0 aliphatic heterocycles. The summed E-state index contributed by atoms with van der Waals surface area (Å²) in [6.45, 7) is 9.53. The average molecular weight is 1310 g/mol. The van der Waals surface area contributed by atoms with Gasteiger partial charge in [0.15, 0.2) is 12.2 Å². The summed E-state index contributed by atoms with van der Waals surface area (Å²) in [7, 11) is -9.90. The van der Waals surface area contributed by atoms with Gasteiger partial charge in [0.1, 0.15) is 19.3 Å². The first-order valence-electron chi connectivity index (χ1n) is 36.5. The lowest BCUT2D eigenvalue weighted by molar-refractivity contribution is -0.161. The Morgan fingerprint density at radius 2 is 0.517 bits per heavy atom. The predicted molar refractivity (Wildman–Crippen MR) is 358 cm³/mol. The van der Waals surface area contributed by atoms with Crippen LogP contribution in [0.5, 0.6) is 0 Å². The van der Waals surface area contributed by atoms with Crippen molar-refractivity contribution in [1.29, 1.82) is 0 Å². The van der Waals surface area contributed by atoms with Gasteiger partial charge in [0, 0.05) is 25.7 Å². The lowest BCUT2D eigenvalue weighted by atomic mass is 10.0. The molecule has 3 N–H and O–H groups in total. The third kappa shape index (κ3) is 64.6. The van der Waals surface area contributed by atoms with E-state index in [1.54, 1.807) is 0 Å². The van der Waals surface area contributed by atoms with E-state index in [9.17, 15) is 43.2 Å². The van der Waals surface area contributed by atoms with Gasteiger partial charge in [-0.2, -0.15) is 0 Å². The van der Waals surface area contributed by atoms with Crippen LogP contribution in [0.4, 0.5) is 0 Å². The largest absolute Gasteiger partial charge is 0.472 e. The molecule has 0 aliphatic carbocycles. The zero-order valence-electron chi connectivity index (χ0n) is 57.7. The first kappa shape index (κ1) is 87.1. The van der Waals surface area contributed by atoms with Gasteiger partial charge in [-0.05, 0) is 37.5 Å². The molecule has 17 nitrogen and oxygen atoms in total. The molecule has 2 unspecified atom stereocenters. The minimum absolute atomic E-state index is 0.106. The zero-order chi connectivity index (χ0) is 65.7. The van der Waals surface area contributed by atoms with Crippen molar-refractivity contribution in [2.24, 2.45) is 11.8 Å². The number of hydrogen-bond donors (Lipinski definition) is 3. The maximum absolute atomic E-state index is 13.0. The topological polar surface area (TPSA) is 237 Å². The zero-order valence-corrected chi connectivity index (χ0v) is 59.5. The van der Waals surface area contributed by atoms with Gasteiger partial charge in [0.25, 0.3) is 0 Å². The minimum atomic E-state index is -4.95. The molecule has 0 saturated carbocycles. The number of aliphatic hydroxyl groups is 1. The van der Waals surface area contributed by atoms with Crippen molar-refractivity contribution in [3.05, 3.63) is 0 Å². The number of rotatable bonds is 69. The van der Waals surface area contributed by atoms with Gasteiger partial charge in [-0.25, -0.2) is 9.13 Å². The molecule has 528 valence electrons. The Bertz CT molecular complexity index is 1730.